The van der Waals surface area contributed by atoms with E-state index in [9.17, 15) is 4.79 Å². The number of aryl methyl sites for hydroxylation is 2. The molecule has 174 valence electrons. The quantitative estimate of drug-likeness (QED) is 0.215. The number of hydrogen-bond acceptors (Lipinski definition) is 4. The number of ketones is 1. The van der Waals surface area contributed by atoms with Gasteiger partial charge in [-0.2, -0.15) is 0 Å². The van der Waals surface area contributed by atoms with Crippen molar-refractivity contribution in [3.8, 4) is 11.5 Å². The average Bonchev–Trinajstić information content (AvgIpc) is 3.27. The van der Waals surface area contributed by atoms with Crippen LogP contribution in [0.4, 0.5) is 0 Å². The molecule has 0 amide bonds. The summed E-state index contributed by atoms with van der Waals surface area (Å²) in [7, 11) is 1.65. The molecule has 0 spiro atoms. The molecule has 0 saturated heterocycles. The van der Waals surface area contributed by atoms with Gasteiger partial charge in [0, 0.05) is 15.5 Å². The fraction of sp³-hybridized carbons (Fsp3) is 0.321. The van der Waals surface area contributed by atoms with Crippen LogP contribution in [0.5, 0.6) is 11.5 Å². The monoisotopic (exact) mass is 482 g/mol. The van der Waals surface area contributed by atoms with E-state index in [1.807, 2.05) is 55.5 Å². The summed E-state index contributed by atoms with van der Waals surface area (Å²) in [6, 6.07) is 13.8. The minimum absolute atomic E-state index is 0.0224. The Morgan fingerprint density at radius 1 is 1.12 bits per heavy atom. The molecule has 0 saturated carbocycles. The number of thiophene rings is 1. The first kappa shape index (κ1) is 25.1. The van der Waals surface area contributed by atoms with Crippen molar-refractivity contribution in [3.05, 3.63) is 85.6 Å². The summed E-state index contributed by atoms with van der Waals surface area (Å²) < 4.78 is 11.7. The molecule has 3 aromatic rings. The van der Waals surface area contributed by atoms with Crippen LogP contribution in [-0.4, -0.2) is 12.9 Å². The Labute approximate surface area is 206 Å². The van der Waals surface area contributed by atoms with Crippen molar-refractivity contribution < 1.29 is 14.3 Å². The van der Waals surface area contributed by atoms with E-state index < -0.39 is 0 Å². The molecule has 3 rings (SSSR count). The van der Waals surface area contributed by atoms with Crippen molar-refractivity contribution in [2.24, 2.45) is 0 Å². The maximum atomic E-state index is 12.6. The Kier molecular flexibility index (Phi) is 8.76. The Morgan fingerprint density at radius 2 is 1.91 bits per heavy atom. The number of rotatable bonds is 10. The molecule has 0 unspecified atom stereocenters. The smallest absolute Gasteiger partial charge is 0.195 e. The van der Waals surface area contributed by atoms with E-state index in [2.05, 4.69) is 20.8 Å². The molecule has 33 heavy (non-hydrogen) atoms. The highest BCUT2D eigenvalue weighted by Gasteiger charge is 2.13. The van der Waals surface area contributed by atoms with Gasteiger partial charge in [-0.15, -0.1) is 11.3 Å². The standard InChI is InChI=1S/C28H31ClO3S/c1-6-7-22-10-13-28(33-22)25(30)11-8-20-9-12-26(31-5)21(15-20)17-32-27-14-19(4)24(29)16-23(27)18(2)3/h8-16,18H,6-7,17H2,1-5H3/b11-8+. The van der Waals surface area contributed by atoms with E-state index in [-0.39, 0.29) is 11.7 Å². The van der Waals surface area contributed by atoms with Crippen molar-refractivity contribution in [2.45, 2.75) is 53.1 Å². The number of benzene rings is 2. The fourth-order valence-corrected chi connectivity index (χ4v) is 4.76. The zero-order valence-electron chi connectivity index (χ0n) is 19.9. The van der Waals surface area contributed by atoms with Crippen LogP contribution in [0.3, 0.4) is 0 Å². The molecule has 0 aliphatic heterocycles. The van der Waals surface area contributed by atoms with Crippen LogP contribution in [0.2, 0.25) is 5.02 Å². The van der Waals surface area contributed by atoms with Gasteiger partial charge in [0.1, 0.15) is 18.1 Å². The number of methoxy groups -OCH3 is 1. The lowest BCUT2D eigenvalue weighted by Gasteiger charge is -2.17. The van der Waals surface area contributed by atoms with Crippen molar-refractivity contribution >= 4 is 34.8 Å². The second kappa shape index (κ2) is 11.5. The van der Waals surface area contributed by atoms with Crippen LogP contribution in [-0.2, 0) is 13.0 Å². The van der Waals surface area contributed by atoms with E-state index in [0.717, 1.165) is 56.5 Å². The maximum absolute atomic E-state index is 12.6. The van der Waals surface area contributed by atoms with Crippen LogP contribution in [0, 0.1) is 6.92 Å². The van der Waals surface area contributed by atoms with Gasteiger partial charge in [0.15, 0.2) is 5.78 Å². The van der Waals surface area contributed by atoms with Crippen LogP contribution in [0.15, 0.2) is 48.5 Å². The minimum atomic E-state index is 0.0224. The third-order valence-corrected chi connectivity index (χ3v) is 7.00. The first-order valence-electron chi connectivity index (χ1n) is 11.2. The van der Waals surface area contributed by atoms with Gasteiger partial charge in [-0.3, -0.25) is 4.79 Å². The van der Waals surface area contributed by atoms with E-state index in [1.54, 1.807) is 24.5 Å². The summed E-state index contributed by atoms with van der Waals surface area (Å²) in [5, 5.41) is 0.744. The third kappa shape index (κ3) is 6.49. The Balaban J connectivity index is 1.78. The molecule has 0 fully saturated rings. The predicted molar refractivity (Wildman–Crippen MR) is 139 cm³/mol. The molecule has 0 radical (unpaired) electrons. The summed E-state index contributed by atoms with van der Waals surface area (Å²) in [5.74, 6) is 1.88. The number of carbonyl (C=O) groups excluding carboxylic acids is 1. The summed E-state index contributed by atoms with van der Waals surface area (Å²) >= 11 is 7.90. The molecule has 1 heterocycles. The minimum Gasteiger partial charge on any atom is -0.496 e. The van der Waals surface area contributed by atoms with Crippen LogP contribution in [0.1, 0.15) is 69.9 Å². The number of carbonyl (C=O) groups is 1. The molecule has 2 aromatic carbocycles. The molecule has 0 aliphatic rings. The first-order valence-corrected chi connectivity index (χ1v) is 12.4. The normalized spacial score (nSPS) is 11.4. The van der Waals surface area contributed by atoms with Gasteiger partial charge < -0.3 is 9.47 Å². The molecule has 0 bridgehead atoms. The number of allylic oxidation sites excluding steroid dienone is 1. The fourth-order valence-electron chi connectivity index (χ4n) is 3.56. The van der Waals surface area contributed by atoms with Crippen molar-refractivity contribution in [1.29, 1.82) is 0 Å². The van der Waals surface area contributed by atoms with E-state index in [0.29, 0.717) is 6.61 Å². The molecule has 1 aromatic heterocycles. The first-order chi connectivity index (χ1) is 15.8. The van der Waals surface area contributed by atoms with Gasteiger partial charge in [0.05, 0.1) is 12.0 Å². The van der Waals surface area contributed by atoms with Gasteiger partial charge in [-0.05, 0) is 78.4 Å². The third-order valence-electron chi connectivity index (χ3n) is 5.43. The zero-order chi connectivity index (χ0) is 24.0. The zero-order valence-corrected chi connectivity index (χ0v) is 21.5. The maximum Gasteiger partial charge on any atom is 0.195 e. The van der Waals surface area contributed by atoms with Gasteiger partial charge in [-0.25, -0.2) is 0 Å². The summed E-state index contributed by atoms with van der Waals surface area (Å²) in [6.07, 6.45) is 5.56. The molecule has 5 heteroatoms. The van der Waals surface area contributed by atoms with E-state index in [4.69, 9.17) is 21.1 Å². The van der Waals surface area contributed by atoms with E-state index in [1.165, 1.54) is 4.88 Å². The summed E-state index contributed by atoms with van der Waals surface area (Å²) in [5.41, 5.74) is 3.89. The summed E-state index contributed by atoms with van der Waals surface area (Å²) in [6.45, 7) is 8.71. The molecule has 0 atom stereocenters. The number of hydrogen-bond donors (Lipinski definition) is 0. The average molecular weight is 483 g/mol. The summed E-state index contributed by atoms with van der Waals surface area (Å²) in [4.78, 5) is 14.6. The van der Waals surface area contributed by atoms with Crippen LogP contribution < -0.4 is 9.47 Å². The molecule has 3 nitrogen and oxygen atoms in total. The van der Waals surface area contributed by atoms with Crippen molar-refractivity contribution in [1.82, 2.24) is 0 Å². The SMILES string of the molecule is CCCc1ccc(C(=O)/C=C/c2ccc(OC)c(COc3cc(C)c(Cl)cc3C(C)C)c2)s1. The highest BCUT2D eigenvalue weighted by molar-refractivity contribution is 7.14. The lowest BCUT2D eigenvalue weighted by atomic mass is 10.0. The van der Waals surface area contributed by atoms with E-state index >= 15 is 0 Å². The van der Waals surface area contributed by atoms with Gasteiger partial charge in [0.2, 0.25) is 0 Å². The molecular formula is C28H31ClO3S. The Bertz CT molecular complexity index is 1140. The number of ether oxygens (including phenoxy) is 2. The highest BCUT2D eigenvalue weighted by atomic mass is 35.5. The second-order valence-corrected chi connectivity index (χ2v) is 9.94. The highest BCUT2D eigenvalue weighted by Crippen LogP contribution is 2.33. The largest absolute Gasteiger partial charge is 0.496 e. The lowest BCUT2D eigenvalue weighted by molar-refractivity contribution is 0.105. The predicted octanol–water partition coefficient (Wildman–Crippen LogP) is 8.27. The topological polar surface area (TPSA) is 35.5 Å². The van der Waals surface area contributed by atoms with Crippen LogP contribution in [0.25, 0.3) is 6.08 Å². The Hall–Kier alpha value is -2.56. The van der Waals surface area contributed by atoms with Crippen molar-refractivity contribution in [3.63, 3.8) is 0 Å². The number of halogens is 1. The van der Waals surface area contributed by atoms with Crippen molar-refractivity contribution in [2.75, 3.05) is 7.11 Å². The Morgan fingerprint density at radius 3 is 2.61 bits per heavy atom. The van der Waals surface area contributed by atoms with Gasteiger partial charge in [0.25, 0.3) is 0 Å². The second-order valence-electron chi connectivity index (χ2n) is 8.37. The molecule has 0 aliphatic carbocycles. The molecular weight excluding hydrogens is 452 g/mol. The molecule has 0 N–H and O–H groups in total. The lowest BCUT2D eigenvalue weighted by Crippen LogP contribution is -2.03. The van der Waals surface area contributed by atoms with Crippen LogP contribution >= 0.6 is 22.9 Å². The van der Waals surface area contributed by atoms with Gasteiger partial charge >= 0.3 is 0 Å². The van der Waals surface area contributed by atoms with Gasteiger partial charge in [-0.1, -0.05) is 50.9 Å².